The molecule has 3 N–H and O–H groups in total. The van der Waals surface area contributed by atoms with Gasteiger partial charge >= 0.3 is 0 Å². The van der Waals surface area contributed by atoms with Crippen LogP contribution in [0.5, 0.6) is 0 Å². The Labute approximate surface area is 102 Å². The molecule has 0 saturated carbocycles. The summed E-state index contributed by atoms with van der Waals surface area (Å²) in [4.78, 5) is 4.33. The molecule has 2 rings (SSSR count). The molecule has 2 aromatic rings. The molecule has 3 nitrogen and oxygen atoms in total. The van der Waals surface area contributed by atoms with Crippen LogP contribution in [0.15, 0.2) is 48.7 Å². The molecule has 1 aromatic heterocycles. The van der Waals surface area contributed by atoms with Crippen LogP contribution in [0, 0.1) is 0 Å². The van der Waals surface area contributed by atoms with Gasteiger partial charge < -0.3 is 0 Å². The lowest BCUT2D eigenvalue weighted by Crippen LogP contribution is -2.29. The monoisotopic (exact) mass is 227 g/mol. The maximum absolute atomic E-state index is 5.62. The molecule has 1 atom stereocenters. The number of hydrogen-bond acceptors (Lipinski definition) is 3. The number of aryl methyl sites for hydroxylation is 1. The number of hydrogen-bond donors (Lipinski definition) is 2. The van der Waals surface area contributed by atoms with Crippen molar-refractivity contribution in [2.75, 3.05) is 0 Å². The minimum atomic E-state index is -0.0536. The lowest BCUT2D eigenvalue weighted by molar-refractivity contribution is 0.620. The number of nitrogens with zero attached hydrogens (tertiary/aromatic N) is 1. The maximum Gasteiger partial charge on any atom is 0.0881 e. The number of nitrogens with one attached hydrogen (secondary N) is 1. The summed E-state index contributed by atoms with van der Waals surface area (Å²) in [5.74, 6) is 5.62. The summed E-state index contributed by atoms with van der Waals surface area (Å²) in [7, 11) is 0. The molecule has 0 amide bonds. The van der Waals surface area contributed by atoms with Crippen LogP contribution in [0.3, 0.4) is 0 Å². The van der Waals surface area contributed by atoms with E-state index < -0.39 is 0 Å². The second kappa shape index (κ2) is 5.57. The van der Waals surface area contributed by atoms with E-state index in [1.807, 2.05) is 18.2 Å². The van der Waals surface area contributed by atoms with Gasteiger partial charge in [-0.1, -0.05) is 37.3 Å². The molecular formula is C14H17N3. The van der Waals surface area contributed by atoms with Gasteiger partial charge in [-0.25, -0.2) is 5.43 Å². The number of benzene rings is 1. The number of hydrazine groups is 1. The van der Waals surface area contributed by atoms with E-state index in [1.54, 1.807) is 6.20 Å². The fraction of sp³-hybridized carbons (Fsp3) is 0.214. The molecule has 0 radical (unpaired) electrons. The van der Waals surface area contributed by atoms with Crippen molar-refractivity contribution in [3.63, 3.8) is 0 Å². The summed E-state index contributed by atoms with van der Waals surface area (Å²) in [6, 6.07) is 14.2. The van der Waals surface area contributed by atoms with E-state index in [4.69, 9.17) is 5.84 Å². The van der Waals surface area contributed by atoms with Crippen molar-refractivity contribution in [1.82, 2.24) is 10.4 Å². The van der Waals surface area contributed by atoms with Gasteiger partial charge in [-0.3, -0.25) is 10.8 Å². The van der Waals surface area contributed by atoms with Gasteiger partial charge in [-0.2, -0.15) is 0 Å². The van der Waals surface area contributed by atoms with Gasteiger partial charge in [0.1, 0.15) is 0 Å². The summed E-state index contributed by atoms with van der Waals surface area (Å²) < 4.78 is 0. The average molecular weight is 227 g/mol. The maximum atomic E-state index is 5.62. The Balaban J connectivity index is 2.29. The van der Waals surface area contributed by atoms with Crippen molar-refractivity contribution >= 4 is 0 Å². The molecule has 1 aromatic carbocycles. The Morgan fingerprint density at radius 2 is 1.94 bits per heavy atom. The molecule has 0 bridgehead atoms. The van der Waals surface area contributed by atoms with Crippen molar-refractivity contribution in [2.24, 2.45) is 5.84 Å². The lowest BCUT2D eigenvalue weighted by atomic mass is 10.0. The molecule has 1 unspecified atom stereocenters. The molecule has 1 heterocycles. The van der Waals surface area contributed by atoms with Crippen molar-refractivity contribution in [2.45, 2.75) is 19.4 Å². The molecule has 3 heteroatoms. The van der Waals surface area contributed by atoms with E-state index >= 15 is 0 Å². The molecule has 0 aliphatic heterocycles. The standard InChI is InChI=1S/C14H17N3/c1-2-11-6-8-12(9-7-11)14(17-15)13-5-3-4-10-16-13/h3-10,14,17H,2,15H2,1H3. The summed E-state index contributed by atoms with van der Waals surface area (Å²) in [5, 5.41) is 0. The molecule has 0 fully saturated rings. The van der Waals surface area contributed by atoms with Gasteiger partial charge in [0.05, 0.1) is 11.7 Å². The minimum absolute atomic E-state index is 0.0536. The van der Waals surface area contributed by atoms with Crippen LogP contribution in [-0.4, -0.2) is 4.98 Å². The number of nitrogens with two attached hydrogens (primary N) is 1. The quantitative estimate of drug-likeness (QED) is 0.622. The summed E-state index contributed by atoms with van der Waals surface area (Å²) in [6.45, 7) is 2.15. The highest BCUT2D eigenvalue weighted by Gasteiger charge is 2.12. The van der Waals surface area contributed by atoms with E-state index in [2.05, 4.69) is 41.6 Å². The van der Waals surface area contributed by atoms with Crippen molar-refractivity contribution in [3.8, 4) is 0 Å². The Morgan fingerprint density at radius 1 is 1.18 bits per heavy atom. The Morgan fingerprint density at radius 3 is 2.47 bits per heavy atom. The molecule has 0 spiro atoms. The number of pyridine rings is 1. The van der Waals surface area contributed by atoms with Gasteiger partial charge in [-0.05, 0) is 29.7 Å². The van der Waals surface area contributed by atoms with Crippen LogP contribution in [0.4, 0.5) is 0 Å². The average Bonchev–Trinajstić information content (AvgIpc) is 2.42. The SMILES string of the molecule is CCc1ccc(C(NN)c2ccccn2)cc1. The number of aromatic nitrogens is 1. The highest BCUT2D eigenvalue weighted by atomic mass is 15.2. The van der Waals surface area contributed by atoms with Gasteiger partial charge in [0, 0.05) is 6.20 Å². The summed E-state index contributed by atoms with van der Waals surface area (Å²) >= 11 is 0. The summed E-state index contributed by atoms with van der Waals surface area (Å²) in [6.07, 6.45) is 2.82. The highest BCUT2D eigenvalue weighted by molar-refractivity contribution is 5.30. The normalized spacial score (nSPS) is 12.4. The zero-order valence-corrected chi connectivity index (χ0v) is 9.93. The fourth-order valence-corrected chi connectivity index (χ4v) is 1.84. The van der Waals surface area contributed by atoms with Gasteiger partial charge in [0.25, 0.3) is 0 Å². The Bertz CT molecular complexity index is 451. The van der Waals surface area contributed by atoms with Gasteiger partial charge in [0.2, 0.25) is 0 Å². The predicted molar refractivity (Wildman–Crippen MR) is 69.2 cm³/mol. The van der Waals surface area contributed by atoms with Crippen LogP contribution in [0.1, 0.15) is 29.8 Å². The molecule has 0 aliphatic rings. The van der Waals surface area contributed by atoms with E-state index in [-0.39, 0.29) is 6.04 Å². The molecule has 0 saturated heterocycles. The molecule has 88 valence electrons. The van der Waals surface area contributed by atoms with Crippen LogP contribution >= 0.6 is 0 Å². The first-order chi connectivity index (χ1) is 8.35. The van der Waals surface area contributed by atoms with Crippen LogP contribution < -0.4 is 11.3 Å². The first-order valence-electron chi connectivity index (χ1n) is 5.81. The number of rotatable bonds is 4. The Kier molecular flexibility index (Phi) is 3.85. The second-order valence-electron chi connectivity index (χ2n) is 3.95. The van der Waals surface area contributed by atoms with Gasteiger partial charge in [-0.15, -0.1) is 0 Å². The van der Waals surface area contributed by atoms with Crippen LogP contribution in [0.25, 0.3) is 0 Å². The molecular weight excluding hydrogens is 210 g/mol. The lowest BCUT2D eigenvalue weighted by Gasteiger charge is -2.16. The van der Waals surface area contributed by atoms with E-state index in [1.165, 1.54) is 5.56 Å². The van der Waals surface area contributed by atoms with E-state index in [9.17, 15) is 0 Å². The largest absolute Gasteiger partial charge is 0.271 e. The smallest absolute Gasteiger partial charge is 0.0881 e. The molecule has 17 heavy (non-hydrogen) atoms. The minimum Gasteiger partial charge on any atom is -0.271 e. The second-order valence-corrected chi connectivity index (χ2v) is 3.95. The summed E-state index contributed by atoms with van der Waals surface area (Å²) in [5.41, 5.74) is 6.19. The third-order valence-corrected chi connectivity index (χ3v) is 2.87. The van der Waals surface area contributed by atoms with Crippen molar-refractivity contribution in [1.29, 1.82) is 0 Å². The molecule has 0 aliphatic carbocycles. The first kappa shape index (κ1) is 11.8. The van der Waals surface area contributed by atoms with E-state index in [0.717, 1.165) is 17.7 Å². The topological polar surface area (TPSA) is 50.9 Å². The van der Waals surface area contributed by atoms with Crippen molar-refractivity contribution < 1.29 is 0 Å². The Hall–Kier alpha value is -1.71. The predicted octanol–water partition coefficient (Wildman–Crippen LogP) is 2.20. The van der Waals surface area contributed by atoms with Crippen LogP contribution in [-0.2, 0) is 6.42 Å². The van der Waals surface area contributed by atoms with Crippen molar-refractivity contribution in [3.05, 3.63) is 65.5 Å². The zero-order valence-electron chi connectivity index (χ0n) is 9.93. The third kappa shape index (κ3) is 2.70. The zero-order chi connectivity index (χ0) is 12.1. The first-order valence-corrected chi connectivity index (χ1v) is 5.81. The highest BCUT2D eigenvalue weighted by Crippen LogP contribution is 2.19. The van der Waals surface area contributed by atoms with E-state index in [0.29, 0.717) is 0 Å². The van der Waals surface area contributed by atoms with Gasteiger partial charge in [0.15, 0.2) is 0 Å². The van der Waals surface area contributed by atoms with Crippen LogP contribution in [0.2, 0.25) is 0 Å². The fourth-order valence-electron chi connectivity index (χ4n) is 1.84. The third-order valence-electron chi connectivity index (χ3n) is 2.87.